The summed E-state index contributed by atoms with van der Waals surface area (Å²) in [5.41, 5.74) is 0.329. The molecule has 1 aliphatic rings. The van der Waals surface area contributed by atoms with Crippen LogP contribution >= 0.6 is 11.6 Å². The number of amides is 1. The number of aromatic nitrogens is 2. The molecule has 2 aromatic carbocycles. The maximum absolute atomic E-state index is 14.5. The molecule has 0 radical (unpaired) electrons. The summed E-state index contributed by atoms with van der Waals surface area (Å²) in [6.45, 7) is 5.69. The average molecular weight is 443 g/mol. The van der Waals surface area contributed by atoms with Crippen LogP contribution < -0.4 is 9.64 Å². The van der Waals surface area contributed by atoms with E-state index in [4.69, 9.17) is 16.3 Å². The van der Waals surface area contributed by atoms with Crippen molar-refractivity contribution in [2.45, 2.75) is 0 Å². The average Bonchev–Trinajstić information content (AvgIpc) is 2.78. The number of benzene rings is 2. The Hall–Kier alpha value is -3.39. The molecule has 1 saturated heterocycles. The molecule has 0 bridgehead atoms. The molecular formula is C22H20ClFN4O3. The number of fused-ring (bicyclic) bond motifs is 1. The topological polar surface area (TPSA) is 78.8 Å². The number of hydrogen-bond acceptors (Lipinski definition) is 6. The van der Waals surface area contributed by atoms with Gasteiger partial charge in [-0.1, -0.05) is 24.2 Å². The van der Waals surface area contributed by atoms with Gasteiger partial charge in [-0.05, 0) is 30.3 Å². The number of nitrogens with zero attached hydrogens (tertiary/aromatic N) is 4. The molecule has 160 valence electrons. The summed E-state index contributed by atoms with van der Waals surface area (Å²) in [4.78, 5) is 15.6. The second-order valence-electron chi connectivity index (χ2n) is 7.06. The Morgan fingerprint density at radius 3 is 2.61 bits per heavy atom. The fourth-order valence-electron chi connectivity index (χ4n) is 3.76. The van der Waals surface area contributed by atoms with Crippen molar-refractivity contribution in [3.63, 3.8) is 0 Å². The van der Waals surface area contributed by atoms with Crippen LogP contribution in [0.1, 0.15) is 0 Å². The van der Waals surface area contributed by atoms with Crippen molar-refractivity contribution >= 4 is 34.1 Å². The van der Waals surface area contributed by atoms with Crippen LogP contribution in [0.2, 0.25) is 5.02 Å². The number of rotatable bonds is 4. The van der Waals surface area contributed by atoms with Crippen LogP contribution in [0, 0.1) is 5.82 Å². The number of aromatic hydroxyl groups is 1. The van der Waals surface area contributed by atoms with Gasteiger partial charge in [0, 0.05) is 42.2 Å². The summed E-state index contributed by atoms with van der Waals surface area (Å²) < 4.78 is 19.8. The maximum Gasteiger partial charge on any atom is 0.246 e. The number of anilines is 1. The number of methoxy groups -OCH3 is 1. The SMILES string of the molecule is C=CC(=O)N1CCN(c2nnc(OC)c3cc(-c4c(O)cccc4F)c(Cl)cc23)CC1. The standard InChI is InChI=1S/C22H20ClFN4O3/c1-3-19(30)27-7-9-28(10-8-27)21-13-12-16(23)15(11-14(13)22(31-2)26-25-21)20-17(24)5-4-6-18(20)29/h3-6,11-12,29H,1,7-10H2,2H3. The van der Waals surface area contributed by atoms with Crippen molar-refractivity contribution in [3.8, 4) is 22.8 Å². The molecule has 0 unspecified atom stereocenters. The number of piperazine rings is 1. The van der Waals surface area contributed by atoms with E-state index in [0.29, 0.717) is 48.3 Å². The third kappa shape index (κ3) is 3.74. The van der Waals surface area contributed by atoms with E-state index in [0.717, 1.165) is 0 Å². The van der Waals surface area contributed by atoms with Gasteiger partial charge >= 0.3 is 0 Å². The largest absolute Gasteiger partial charge is 0.507 e. The van der Waals surface area contributed by atoms with E-state index in [1.165, 1.54) is 31.4 Å². The molecule has 3 aromatic rings. The van der Waals surface area contributed by atoms with Crippen LogP contribution in [-0.4, -0.2) is 59.4 Å². The molecule has 1 amide bonds. The van der Waals surface area contributed by atoms with E-state index in [-0.39, 0.29) is 28.1 Å². The molecule has 31 heavy (non-hydrogen) atoms. The van der Waals surface area contributed by atoms with Gasteiger partial charge in [0.05, 0.1) is 18.1 Å². The number of ether oxygens (including phenoxy) is 1. The number of halogens is 2. The van der Waals surface area contributed by atoms with Crippen LogP contribution in [0.4, 0.5) is 10.2 Å². The smallest absolute Gasteiger partial charge is 0.246 e. The number of carbonyl (C=O) groups is 1. The molecule has 1 aromatic heterocycles. The van der Waals surface area contributed by atoms with Crippen molar-refractivity contribution in [1.82, 2.24) is 15.1 Å². The van der Waals surface area contributed by atoms with Crippen molar-refractivity contribution in [2.24, 2.45) is 0 Å². The van der Waals surface area contributed by atoms with E-state index in [2.05, 4.69) is 16.8 Å². The Labute approximate surface area is 183 Å². The van der Waals surface area contributed by atoms with Gasteiger partial charge in [-0.25, -0.2) is 4.39 Å². The molecule has 0 atom stereocenters. The monoisotopic (exact) mass is 442 g/mol. The van der Waals surface area contributed by atoms with Gasteiger partial charge in [-0.2, -0.15) is 0 Å². The van der Waals surface area contributed by atoms with E-state index in [9.17, 15) is 14.3 Å². The van der Waals surface area contributed by atoms with Gasteiger partial charge in [0.15, 0.2) is 5.82 Å². The van der Waals surface area contributed by atoms with Gasteiger partial charge < -0.3 is 19.6 Å². The Morgan fingerprint density at radius 1 is 1.23 bits per heavy atom. The first kappa shape index (κ1) is 20.9. The summed E-state index contributed by atoms with van der Waals surface area (Å²) >= 11 is 6.52. The van der Waals surface area contributed by atoms with Crippen LogP contribution in [0.25, 0.3) is 21.9 Å². The first-order chi connectivity index (χ1) is 14.9. The Kier molecular flexibility index (Phi) is 5.65. The van der Waals surface area contributed by atoms with Gasteiger partial charge in [-0.3, -0.25) is 4.79 Å². The van der Waals surface area contributed by atoms with Crippen molar-refractivity contribution in [1.29, 1.82) is 0 Å². The summed E-state index contributed by atoms with van der Waals surface area (Å²) in [5, 5.41) is 20.2. The first-order valence-electron chi connectivity index (χ1n) is 9.62. The molecule has 9 heteroatoms. The molecular weight excluding hydrogens is 423 g/mol. The van der Waals surface area contributed by atoms with Crippen molar-refractivity contribution < 1.29 is 19.0 Å². The minimum absolute atomic E-state index is 0.00590. The van der Waals surface area contributed by atoms with Crippen LogP contribution in [0.5, 0.6) is 11.6 Å². The molecule has 2 heterocycles. The van der Waals surface area contributed by atoms with Crippen LogP contribution in [0.3, 0.4) is 0 Å². The van der Waals surface area contributed by atoms with E-state index in [1.54, 1.807) is 17.0 Å². The fourth-order valence-corrected chi connectivity index (χ4v) is 4.02. The summed E-state index contributed by atoms with van der Waals surface area (Å²) in [5.74, 6) is -0.0701. The molecule has 1 fully saturated rings. The first-order valence-corrected chi connectivity index (χ1v) is 10.0. The summed E-state index contributed by atoms with van der Waals surface area (Å²) in [6, 6.07) is 7.39. The molecule has 0 aliphatic carbocycles. The van der Waals surface area contributed by atoms with Crippen LogP contribution in [0.15, 0.2) is 43.0 Å². The number of phenolic OH excluding ortho intramolecular Hbond substituents is 1. The van der Waals surface area contributed by atoms with E-state index >= 15 is 0 Å². The van der Waals surface area contributed by atoms with Gasteiger partial charge in [0.25, 0.3) is 0 Å². The lowest BCUT2D eigenvalue weighted by Crippen LogP contribution is -2.48. The minimum Gasteiger partial charge on any atom is -0.507 e. The Balaban J connectivity index is 1.81. The lowest BCUT2D eigenvalue weighted by molar-refractivity contribution is -0.126. The van der Waals surface area contributed by atoms with Gasteiger partial charge in [-0.15, -0.1) is 10.2 Å². The Bertz CT molecular complexity index is 1160. The van der Waals surface area contributed by atoms with Crippen molar-refractivity contribution in [2.75, 3.05) is 38.2 Å². The highest BCUT2D eigenvalue weighted by Crippen LogP contribution is 2.41. The number of phenols is 1. The zero-order valence-corrected chi connectivity index (χ0v) is 17.6. The predicted octanol–water partition coefficient (Wildman–Crippen LogP) is 3.64. The van der Waals surface area contributed by atoms with Crippen LogP contribution in [-0.2, 0) is 4.79 Å². The minimum atomic E-state index is -0.592. The molecule has 4 rings (SSSR count). The zero-order valence-electron chi connectivity index (χ0n) is 16.8. The second kappa shape index (κ2) is 8.39. The number of carbonyl (C=O) groups excluding carboxylic acids is 1. The molecule has 1 N–H and O–H groups in total. The third-order valence-electron chi connectivity index (χ3n) is 5.33. The highest BCUT2D eigenvalue weighted by molar-refractivity contribution is 6.34. The maximum atomic E-state index is 14.5. The quantitative estimate of drug-likeness (QED) is 0.621. The van der Waals surface area contributed by atoms with Gasteiger partial charge in [0.2, 0.25) is 11.8 Å². The Morgan fingerprint density at radius 2 is 1.97 bits per heavy atom. The lowest BCUT2D eigenvalue weighted by Gasteiger charge is -2.35. The lowest BCUT2D eigenvalue weighted by atomic mass is 10.00. The zero-order chi connectivity index (χ0) is 22.1. The molecule has 1 aliphatic heterocycles. The van der Waals surface area contributed by atoms with Gasteiger partial charge in [0.1, 0.15) is 11.6 Å². The molecule has 7 nitrogen and oxygen atoms in total. The van der Waals surface area contributed by atoms with E-state index < -0.39 is 5.82 Å². The third-order valence-corrected chi connectivity index (χ3v) is 5.65. The number of hydrogen-bond donors (Lipinski definition) is 1. The van der Waals surface area contributed by atoms with E-state index in [1.807, 2.05) is 4.90 Å². The highest BCUT2D eigenvalue weighted by Gasteiger charge is 2.24. The normalized spacial score (nSPS) is 14.0. The van der Waals surface area contributed by atoms with Crippen molar-refractivity contribution in [3.05, 3.63) is 53.8 Å². The highest BCUT2D eigenvalue weighted by atomic mass is 35.5. The molecule has 0 saturated carbocycles. The molecule has 0 spiro atoms. The predicted molar refractivity (Wildman–Crippen MR) is 117 cm³/mol. The summed E-state index contributed by atoms with van der Waals surface area (Å²) in [7, 11) is 1.47. The second-order valence-corrected chi connectivity index (χ2v) is 7.47. The fraction of sp³-hybridized carbons (Fsp3) is 0.227. The summed E-state index contributed by atoms with van der Waals surface area (Å²) in [6.07, 6.45) is 1.30.